The molecule has 0 aliphatic carbocycles. The summed E-state index contributed by atoms with van der Waals surface area (Å²) < 4.78 is 15.5. The van der Waals surface area contributed by atoms with Gasteiger partial charge >= 0.3 is 12.1 Å². The first-order valence-corrected chi connectivity index (χ1v) is 6.00. The summed E-state index contributed by atoms with van der Waals surface area (Å²) in [5.74, 6) is -0.371. The number of nitrogens with zero attached hydrogens (tertiary/aromatic N) is 1. The van der Waals surface area contributed by atoms with Gasteiger partial charge in [-0.1, -0.05) is 0 Å². The van der Waals surface area contributed by atoms with Crippen molar-refractivity contribution in [3.05, 3.63) is 0 Å². The van der Waals surface area contributed by atoms with E-state index >= 15 is 0 Å². The summed E-state index contributed by atoms with van der Waals surface area (Å²) in [5, 5.41) is 0. The highest BCUT2D eigenvalue weighted by Gasteiger charge is 2.31. The third-order valence-electron chi connectivity index (χ3n) is 2.33. The van der Waals surface area contributed by atoms with E-state index in [1.54, 1.807) is 4.90 Å². The van der Waals surface area contributed by atoms with Crippen LogP contribution in [-0.2, 0) is 19.0 Å². The van der Waals surface area contributed by atoms with Crippen LogP contribution >= 0.6 is 0 Å². The summed E-state index contributed by atoms with van der Waals surface area (Å²) in [6.07, 6.45) is -0.400. The summed E-state index contributed by atoms with van der Waals surface area (Å²) >= 11 is 0. The van der Waals surface area contributed by atoms with Crippen LogP contribution in [0, 0.1) is 0 Å². The van der Waals surface area contributed by atoms with Gasteiger partial charge in [-0.3, -0.25) is 9.69 Å². The van der Waals surface area contributed by atoms with Gasteiger partial charge in [-0.25, -0.2) is 4.79 Å². The van der Waals surface area contributed by atoms with Crippen LogP contribution in [0.1, 0.15) is 27.7 Å². The summed E-state index contributed by atoms with van der Waals surface area (Å²) in [6.45, 7) is 8.17. The van der Waals surface area contributed by atoms with Gasteiger partial charge in [0, 0.05) is 13.5 Å². The molecule has 1 aliphatic heterocycles. The van der Waals surface area contributed by atoms with E-state index in [1.807, 2.05) is 20.8 Å². The molecule has 1 aliphatic rings. The molecular weight excluding hydrogens is 238 g/mol. The molecule has 1 amide bonds. The fourth-order valence-electron chi connectivity index (χ4n) is 1.57. The monoisotopic (exact) mass is 259 g/mol. The van der Waals surface area contributed by atoms with Crippen molar-refractivity contribution in [3.8, 4) is 0 Å². The van der Waals surface area contributed by atoms with E-state index in [0.717, 1.165) is 0 Å². The molecule has 0 aromatic rings. The second kappa shape index (κ2) is 6.04. The van der Waals surface area contributed by atoms with Gasteiger partial charge < -0.3 is 14.2 Å². The van der Waals surface area contributed by atoms with Crippen molar-refractivity contribution < 1.29 is 23.8 Å². The third-order valence-corrected chi connectivity index (χ3v) is 2.33. The molecule has 104 valence electrons. The fourth-order valence-corrected chi connectivity index (χ4v) is 1.57. The van der Waals surface area contributed by atoms with Crippen molar-refractivity contribution in [2.75, 3.05) is 26.4 Å². The highest BCUT2D eigenvalue weighted by molar-refractivity contribution is 5.69. The van der Waals surface area contributed by atoms with Crippen molar-refractivity contribution >= 4 is 12.1 Å². The highest BCUT2D eigenvalue weighted by atomic mass is 16.6. The Morgan fingerprint density at radius 2 is 2.06 bits per heavy atom. The summed E-state index contributed by atoms with van der Waals surface area (Å²) in [7, 11) is 0. The van der Waals surface area contributed by atoms with Crippen LogP contribution in [0.2, 0.25) is 0 Å². The lowest BCUT2D eigenvalue weighted by Crippen LogP contribution is -2.52. The molecule has 1 saturated heterocycles. The number of morpholine rings is 1. The molecule has 0 N–H and O–H groups in total. The molecule has 0 spiro atoms. The van der Waals surface area contributed by atoms with Crippen LogP contribution in [0.4, 0.5) is 4.79 Å². The van der Waals surface area contributed by atoms with E-state index in [0.29, 0.717) is 19.8 Å². The maximum absolute atomic E-state index is 12.0. The van der Waals surface area contributed by atoms with Gasteiger partial charge in [-0.15, -0.1) is 0 Å². The molecule has 0 aromatic heterocycles. The standard InChI is InChI=1S/C12H21NO5/c1-9(14)17-8-10-7-16-6-5-13(10)11(15)18-12(2,3)4/h10H,5-8H2,1-4H3. The van der Waals surface area contributed by atoms with Crippen LogP contribution in [0.5, 0.6) is 0 Å². The molecule has 1 fully saturated rings. The fraction of sp³-hybridized carbons (Fsp3) is 0.833. The van der Waals surface area contributed by atoms with Crippen LogP contribution < -0.4 is 0 Å². The first kappa shape index (κ1) is 14.8. The molecule has 6 heteroatoms. The molecule has 0 bridgehead atoms. The molecule has 0 aromatic carbocycles. The number of hydrogen-bond donors (Lipinski definition) is 0. The maximum Gasteiger partial charge on any atom is 0.410 e. The lowest BCUT2D eigenvalue weighted by molar-refractivity contribution is -0.144. The van der Waals surface area contributed by atoms with Crippen LogP contribution in [0.3, 0.4) is 0 Å². The van der Waals surface area contributed by atoms with Crippen LogP contribution in [0.25, 0.3) is 0 Å². The predicted molar refractivity (Wildman–Crippen MR) is 64.2 cm³/mol. The Bertz CT molecular complexity index is 310. The van der Waals surface area contributed by atoms with Crippen molar-refractivity contribution in [1.82, 2.24) is 4.90 Å². The van der Waals surface area contributed by atoms with Gasteiger partial charge in [0.25, 0.3) is 0 Å². The number of carbonyl (C=O) groups excluding carboxylic acids is 2. The van der Waals surface area contributed by atoms with E-state index in [4.69, 9.17) is 14.2 Å². The van der Waals surface area contributed by atoms with E-state index in [9.17, 15) is 9.59 Å². The van der Waals surface area contributed by atoms with Crippen LogP contribution in [0.15, 0.2) is 0 Å². The van der Waals surface area contributed by atoms with Gasteiger partial charge in [0.05, 0.1) is 19.3 Å². The average Bonchev–Trinajstić information content (AvgIpc) is 2.24. The van der Waals surface area contributed by atoms with E-state index in [2.05, 4.69) is 0 Å². The minimum absolute atomic E-state index is 0.134. The quantitative estimate of drug-likeness (QED) is 0.697. The molecule has 0 radical (unpaired) electrons. The van der Waals surface area contributed by atoms with E-state index < -0.39 is 11.7 Å². The number of amides is 1. The van der Waals surface area contributed by atoms with E-state index in [1.165, 1.54) is 6.92 Å². The predicted octanol–water partition coefficient (Wildman–Crippen LogP) is 1.19. The molecule has 1 unspecified atom stereocenters. The number of rotatable bonds is 2. The normalized spacial score (nSPS) is 20.4. The van der Waals surface area contributed by atoms with Crippen LogP contribution in [-0.4, -0.2) is 55.0 Å². The van der Waals surface area contributed by atoms with Gasteiger partial charge in [0.15, 0.2) is 0 Å². The topological polar surface area (TPSA) is 65.1 Å². The maximum atomic E-state index is 12.0. The lowest BCUT2D eigenvalue weighted by atomic mass is 10.2. The molecule has 6 nitrogen and oxygen atoms in total. The Balaban J connectivity index is 2.58. The minimum Gasteiger partial charge on any atom is -0.464 e. The number of hydrogen-bond acceptors (Lipinski definition) is 5. The third kappa shape index (κ3) is 4.91. The summed E-state index contributed by atoms with van der Waals surface area (Å²) in [4.78, 5) is 24.3. The number of ether oxygens (including phenoxy) is 3. The van der Waals surface area contributed by atoms with E-state index in [-0.39, 0.29) is 18.6 Å². The van der Waals surface area contributed by atoms with Gasteiger partial charge in [-0.05, 0) is 20.8 Å². The Kier molecular flexibility index (Phi) is 4.95. The largest absolute Gasteiger partial charge is 0.464 e. The van der Waals surface area contributed by atoms with Crippen molar-refractivity contribution in [2.45, 2.75) is 39.3 Å². The van der Waals surface area contributed by atoms with Crippen molar-refractivity contribution in [2.24, 2.45) is 0 Å². The molecule has 1 atom stereocenters. The number of esters is 1. The SMILES string of the molecule is CC(=O)OCC1COCCN1C(=O)OC(C)(C)C. The van der Waals surface area contributed by atoms with Crippen molar-refractivity contribution in [3.63, 3.8) is 0 Å². The Morgan fingerprint density at radius 3 is 2.61 bits per heavy atom. The highest BCUT2D eigenvalue weighted by Crippen LogP contribution is 2.14. The Hall–Kier alpha value is -1.30. The first-order chi connectivity index (χ1) is 8.29. The van der Waals surface area contributed by atoms with Gasteiger partial charge in [0.1, 0.15) is 12.2 Å². The zero-order valence-electron chi connectivity index (χ0n) is 11.4. The second-order valence-electron chi connectivity index (χ2n) is 5.21. The minimum atomic E-state index is -0.540. The molecule has 0 saturated carbocycles. The Morgan fingerprint density at radius 1 is 1.39 bits per heavy atom. The number of carbonyl (C=O) groups is 2. The van der Waals surface area contributed by atoms with Crippen molar-refractivity contribution in [1.29, 1.82) is 0 Å². The first-order valence-electron chi connectivity index (χ1n) is 6.00. The summed E-state index contributed by atoms with van der Waals surface area (Å²) in [6, 6.07) is -0.280. The second-order valence-corrected chi connectivity index (χ2v) is 5.21. The molecule has 1 rings (SSSR count). The van der Waals surface area contributed by atoms with Gasteiger partial charge in [0.2, 0.25) is 0 Å². The molecular formula is C12H21NO5. The lowest BCUT2D eigenvalue weighted by Gasteiger charge is -2.36. The average molecular weight is 259 g/mol. The zero-order chi connectivity index (χ0) is 13.8. The Labute approximate surface area is 107 Å². The molecule has 1 heterocycles. The summed E-state index contributed by atoms with van der Waals surface area (Å²) in [5.41, 5.74) is -0.540. The molecule has 18 heavy (non-hydrogen) atoms. The smallest absolute Gasteiger partial charge is 0.410 e. The van der Waals surface area contributed by atoms with Gasteiger partial charge in [-0.2, -0.15) is 0 Å². The zero-order valence-corrected chi connectivity index (χ0v) is 11.4.